The average Bonchev–Trinajstić information content (AvgIpc) is 2.16. The van der Waals surface area contributed by atoms with Crippen molar-refractivity contribution in [3.63, 3.8) is 0 Å². The van der Waals surface area contributed by atoms with Gasteiger partial charge in [-0.2, -0.15) is 0 Å². The quantitative estimate of drug-likeness (QED) is 0.708. The van der Waals surface area contributed by atoms with E-state index in [0.29, 0.717) is 5.88 Å². The second-order valence-electron chi connectivity index (χ2n) is 2.81. The highest BCUT2D eigenvalue weighted by Crippen LogP contribution is 2.19. The van der Waals surface area contributed by atoms with E-state index in [1.54, 1.807) is 0 Å². The maximum absolute atomic E-state index is 5.72. The van der Waals surface area contributed by atoms with E-state index in [-0.39, 0.29) is 0 Å². The van der Waals surface area contributed by atoms with Crippen molar-refractivity contribution in [2.24, 2.45) is 0 Å². The fraction of sp³-hybridized carbons (Fsp3) is 0.100. The number of hydrogen-bond acceptors (Lipinski definition) is 1. The van der Waals surface area contributed by atoms with Crippen LogP contribution in [0.1, 0.15) is 5.56 Å². The Morgan fingerprint density at radius 3 is 2.92 bits per heavy atom. The minimum atomic E-state index is 0.509. The molecule has 0 amide bonds. The molecule has 0 bridgehead atoms. The summed E-state index contributed by atoms with van der Waals surface area (Å²) in [5.41, 5.74) is 2.05. The second-order valence-corrected chi connectivity index (χ2v) is 4.00. The number of pyridine rings is 1. The van der Waals surface area contributed by atoms with Crippen molar-refractivity contribution in [1.82, 2.24) is 4.98 Å². The number of alkyl halides is 1. The molecule has 13 heavy (non-hydrogen) atoms. The predicted molar refractivity (Wildman–Crippen MR) is 59.0 cm³/mol. The average molecular weight is 257 g/mol. The van der Waals surface area contributed by atoms with Crippen LogP contribution >= 0.6 is 27.5 Å². The molecule has 0 radical (unpaired) electrons. The largest absolute Gasteiger partial charge is 0.256 e. The van der Waals surface area contributed by atoms with Gasteiger partial charge in [0.1, 0.15) is 0 Å². The third-order valence-corrected chi connectivity index (χ3v) is 2.66. The smallest absolute Gasteiger partial charge is 0.0702 e. The van der Waals surface area contributed by atoms with Crippen LogP contribution < -0.4 is 0 Å². The van der Waals surface area contributed by atoms with Crippen LogP contribution in [0.3, 0.4) is 0 Å². The maximum Gasteiger partial charge on any atom is 0.0702 e. The molecule has 1 nitrogen and oxygen atoms in total. The first-order valence-electron chi connectivity index (χ1n) is 3.90. The maximum atomic E-state index is 5.72. The van der Waals surface area contributed by atoms with Crippen molar-refractivity contribution in [1.29, 1.82) is 0 Å². The van der Waals surface area contributed by atoms with Gasteiger partial charge >= 0.3 is 0 Å². The van der Waals surface area contributed by atoms with E-state index in [0.717, 1.165) is 20.9 Å². The van der Waals surface area contributed by atoms with Crippen LogP contribution in [0.25, 0.3) is 10.9 Å². The summed E-state index contributed by atoms with van der Waals surface area (Å²) in [5, 5.41) is 1.12. The van der Waals surface area contributed by atoms with E-state index in [1.165, 1.54) is 0 Å². The van der Waals surface area contributed by atoms with Gasteiger partial charge in [0.2, 0.25) is 0 Å². The molecular weight excluding hydrogens is 249 g/mol. The number of aromatic nitrogens is 1. The normalized spacial score (nSPS) is 10.6. The molecule has 0 aliphatic rings. The molecule has 0 saturated heterocycles. The van der Waals surface area contributed by atoms with Gasteiger partial charge < -0.3 is 0 Å². The number of nitrogens with zero attached hydrogens (tertiary/aromatic N) is 1. The van der Waals surface area contributed by atoms with Gasteiger partial charge in [-0.3, -0.25) is 4.98 Å². The van der Waals surface area contributed by atoms with Crippen LogP contribution in [-0.2, 0) is 5.88 Å². The Labute approximate surface area is 89.9 Å². The van der Waals surface area contributed by atoms with Gasteiger partial charge in [0, 0.05) is 21.9 Å². The fourth-order valence-corrected chi connectivity index (χ4v) is 1.75. The monoisotopic (exact) mass is 255 g/mol. The molecule has 0 aliphatic carbocycles. The van der Waals surface area contributed by atoms with Gasteiger partial charge in [0.15, 0.2) is 0 Å². The van der Waals surface area contributed by atoms with Crippen LogP contribution in [0, 0.1) is 0 Å². The summed E-state index contributed by atoms with van der Waals surface area (Å²) in [6.07, 6.45) is 1.81. The molecule has 0 unspecified atom stereocenters. The van der Waals surface area contributed by atoms with Crippen LogP contribution in [0.4, 0.5) is 0 Å². The van der Waals surface area contributed by atoms with Crippen molar-refractivity contribution in [3.8, 4) is 0 Å². The Kier molecular flexibility index (Phi) is 2.51. The molecular formula is C10H7BrClN. The van der Waals surface area contributed by atoms with Crippen LogP contribution in [-0.4, -0.2) is 4.98 Å². The molecule has 0 spiro atoms. The van der Waals surface area contributed by atoms with Crippen molar-refractivity contribution >= 4 is 38.4 Å². The van der Waals surface area contributed by atoms with Gasteiger partial charge in [0.05, 0.1) is 5.52 Å². The van der Waals surface area contributed by atoms with Crippen molar-refractivity contribution in [2.45, 2.75) is 5.88 Å². The summed E-state index contributed by atoms with van der Waals surface area (Å²) in [4.78, 5) is 4.29. The molecule has 2 rings (SSSR count). The SMILES string of the molecule is ClCc1cnc2ccc(Br)cc2c1. The number of fused-ring (bicyclic) bond motifs is 1. The fourth-order valence-electron chi connectivity index (χ4n) is 1.22. The number of halogens is 2. The molecule has 1 aromatic heterocycles. The van der Waals surface area contributed by atoms with E-state index in [2.05, 4.69) is 27.0 Å². The Bertz CT molecular complexity index is 442. The predicted octanol–water partition coefficient (Wildman–Crippen LogP) is 3.74. The summed E-state index contributed by atoms with van der Waals surface area (Å²) < 4.78 is 1.06. The van der Waals surface area contributed by atoms with E-state index >= 15 is 0 Å². The first kappa shape index (κ1) is 8.97. The molecule has 1 aromatic carbocycles. The van der Waals surface area contributed by atoms with Gasteiger partial charge in [-0.1, -0.05) is 15.9 Å². The zero-order valence-corrected chi connectivity index (χ0v) is 9.14. The first-order chi connectivity index (χ1) is 6.29. The zero-order valence-electron chi connectivity index (χ0n) is 6.80. The highest BCUT2D eigenvalue weighted by Gasteiger charge is 1.97. The summed E-state index contributed by atoms with van der Waals surface area (Å²) >= 11 is 9.13. The lowest BCUT2D eigenvalue weighted by Crippen LogP contribution is -1.83. The molecule has 0 aliphatic heterocycles. The molecule has 3 heteroatoms. The summed E-state index contributed by atoms with van der Waals surface area (Å²) in [6, 6.07) is 8.06. The van der Waals surface area contributed by atoms with E-state index < -0.39 is 0 Å². The zero-order chi connectivity index (χ0) is 9.26. The van der Waals surface area contributed by atoms with Crippen LogP contribution in [0.2, 0.25) is 0 Å². The highest BCUT2D eigenvalue weighted by atomic mass is 79.9. The lowest BCUT2D eigenvalue weighted by atomic mass is 10.2. The summed E-state index contributed by atoms with van der Waals surface area (Å²) in [7, 11) is 0. The minimum Gasteiger partial charge on any atom is -0.256 e. The lowest BCUT2D eigenvalue weighted by molar-refractivity contribution is 1.30. The Morgan fingerprint density at radius 2 is 2.15 bits per heavy atom. The van der Waals surface area contributed by atoms with E-state index in [1.807, 2.05) is 24.4 Å². The second kappa shape index (κ2) is 3.64. The molecule has 2 aromatic rings. The third kappa shape index (κ3) is 1.84. The third-order valence-electron chi connectivity index (χ3n) is 1.85. The lowest BCUT2D eigenvalue weighted by Gasteiger charge is -1.99. The van der Waals surface area contributed by atoms with Crippen molar-refractivity contribution in [2.75, 3.05) is 0 Å². The van der Waals surface area contributed by atoms with E-state index in [9.17, 15) is 0 Å². The van der Waals surface area contributed by atoms with Crippen molar-refractivity contribution in [3.05, 3.63) is 40.5 Å². The first-order valence-corrected chi connectivity index (χ1v) is 5.22. The van der Waals surface area contributed by atoms with Gasteiger partial charge in [-0.15, -0.1) is 11.6 Å². The van der Waals surface area contributed by atoms with Crippen molar-refractivity contribution < 1.29 is 0 Å². The number of hydrogen-bond donors (Lipinski definition) is 0. The molecule has 0 atom stereocenters. The molecule has 66 valence electrons. The summed E-state index contributed by atoms with van der Waals surface area (Å²) in [5.74, 6) is 0.509. The standard InChI is InChI=1S/C10H7BrClN/c11-9-1-2-10-8(4-9)3-7(5-12)6-13-10/h1-4,6H,5H2. The Balaban J connectivity index is 2.68. The highest BCUT2D eigenvalue weighted by molar-refractivity contribution is 9.10. The van der Waals surface area contributed by atoms with Crippen LogP contribution in [0.5, 0.6) is 0 Å². The Hall–Kier alpha value is -0.600. The molecule has 0 fully saturated rings. The number of benzene rings is 1. The van der Waals surface area contributed by atoms with E-state index in [4.69, 9.17) is 11.6 Å². The van der Waals surface area contributed by atoms with Crippen LogP contribution in [0.15, 0.2) is 34.9 Å². The summed E-state index contributed by atoms with van der Waals surface area (Å²) in [6.45, 7) is 0. The molecule has 0 N–H and O–H groups in total. The number of rotatable bonds is 1. The van der Waals surface area contributed by atoms with Gasteiger partial charge in [-0.05, 0) is 29.8 Å². The molecule has 0 saturated carbocycles. The minimum absolute atomic E-state index is 0.509. The topological polar surface area (TPSA) is 12.9 Å². The van der Waals surface area contributed by atoms with Gasteiger partial charge in [0.25, 0.3) is 0 Å². The molecule has 1 heterocycles. The Morgan fingerprint density at radius 1 is 1.31 bits per heavy atom. The van der Waals surface area contributed by atoms with Gasteiger partial charge in [-0.25, -0.2) is 0 Å².